The summed E-state index contributed by atoms with van der Waals surface area (Å²) in [4.78, 5) is 8.66. The van der Waals surface area contributed by atoms with Gasteiger partial charge in [-0.25, -0.2) is 9.97 Å². The maximum absolute atomic E-state index is 5.43. The molecule has 1 fully saturated rings. The first kappa shape index (κ1) is 12.8. The van der Waals surface area contributed by atoms with Crippen LogP contribution in [0.25, 0.3) is 0 Å². The van der Waals surface area contributed by atoms with E-state index in [1.54, 1.807) is 11.8 Å². The summed E-state index contributed by atoms with van der Waals surface area (Å²) in [5.41, 5.74) is 1.02. The number of nitrogens with one attached hydrogen (secondary N) is 1. The number of thioether (sulfide) groups is 1. The standard InChI is InChI=1S/C12H19N3OS/c1-9-3-5-14-12(15-9)17-8-11(13-2)10-4-6-16-7-10/h3,5,10-11,13H,4,6-8H2,1-2H3. The van der Waals surface area contributed by atoms with Gasteiger partial charge in [0.05, 0.1) is 6.61 Å². The van der Waals surface area contributed by atoms with E-state index in [1.165, 1.54) is 0 Å². The Bertz CT molecular complexity index is 355. The Hall–Kier alpha value is -0.650. The lowest BCUT2D eigenvalue weighted by Gasteiger charge is -2.20. The van der Waals surface area contributed by atoms with Gasteiger partial charge in [0.1, 0.15) is 0 Å². The molecule has 1 aromatic rings. The molecule has 0 bridgehead atoms. The molecule has 1 aromatic heterocycles. The molecule has 0 spiro atoms. The van der Waals surface area contributed by atoms with E-state index >= 15 is 0 Å². The van der Waals surface area contributed by atoms with Crippen molar-refractivity contribution in [3.63, 3.8) is 0 Å². The summed E-state index contributed by atoms with van der Waals surface area (Å²) in [5.74, 6) is 1.62. The summed E-state index contributed by atoms with van der Waals surface area (Å²) in [7, 11) is 2.01. The van der Waals surface area contributed by atoms with Crippen LogP contribution in [0.2, 0.25) is 0 Å². The lowest BCUT2D eigenvalue weighted by molar-refractivity contribution is 0.179. The summed E-state index contributed by atoms with van der Waals surface area (Å²) in [6.07, 6.45) is 2.97. The number of ether oxygens (including phenoxy) is 1. The number of nitrogens with zero attached hydrogens (tertiary/aromatic N) is 2. The van der Waals surface area contributed by atoms with Gasteiger partial charge in [-0.1, -0.05) is 11.8 Å². The fourth-order valence-electron chi connectivity index (χ4n) is 1.98. The van der Waals surface area contributed by atoms with Gasteiger partial charge in [0.25, 0.3) is 0 Å². The largest absolute Gasteiger partial charge is 0.381 e. The van der Waals surface area contributed by atoms with Gasteiger partial charge >= 0.3 is 0 Å². The highest BCUT2D eigenvalue weighted by Gasteiger charge is 2.24. The minimum Gasteiger partial charge on any atom is -0.381 e. The molecule has 0 aliphatic carbocycles. The van der Waals surface area contributed by atoms with Gasteiger partial charge in [-0.05, 0) is 26.5 Å². The SMILES string of the molecule is CNC(CSc1nccc(C)n1)C1CCOC1. The molecule has 1 saturated heterocycles. The molecular weight excluding hydrogens is 234 g/mol. The van der Waals surface area contributed by atoms with Gasteiger partial charge in [-0.15, -0.1) is 0 Å². The maximum Gasteiger partial charge on any atom is 0.187 e. The number of aromatic nitrogens is 2. The van der Waals surface area contributed by atoms with E-state index in [-0.39, 0.29) is 0 Å². The molecule has 1 N–H and O–H groups in total. The Morgan fingerprint density at radius 2 is 2.53 bits per heavy atom. The van der Waals surface area contributed by atoms with E-state index in [2.05, 4.69) is 15.3 Å². The lowest BCUT2D eigenvalue weighted by Crippen LogP contribution is -2.36. The molecule has 0 aromatic carbocycles. The van der Waals surface area contributed by atoms with E-state index in [0.717, 1.165) is 36.2 Å². The van der Waals surface area contributed by atoms with E-state index in [4.69, 9.17) is 4.74 Å². The molecule has 2 unspecified atom stereocenters. The van der Waals surface area contributed by atoms with E-state index < -0.39 is 0 Å². The maximum atomic E-state index is 5.43. The van der Waals surface area contributed by atoms with Crippen LogP contribution in [0.3, 0.4) is 0 Å². The van der Waals surface area contributed by atoms with Gasteiger partial charge in [0.15, 0.2) is 5.16 Å². The van der Waals surface area contributed by atoms with Crippen molar-refractivity contribution in [3.8, 4) is 0 Å². The van der Waals surface area contributed by atoms with Gasteiger partial charge in [0, 0.05) is 36.2 Å². The van der Waals surface area contributed by atoms with Crippen LogP contribution in [0.5, 0.6) is 0 Å². The molecule has 94 valence electrons. The molecule has 0 saturated carbocycles. The second-order valence-corrected chi connectivity index (χ2v) is 5.30. The van der Waals surface area contributed by atoms with Crippen LogP contribution in [-0.2, 0) is 4.74 Å². The Morgan fingerprint density at radius 1 is 1.65 bits per heavy atom. The molecule has 2 atom stereocenters. The van der Waals surface area contributed by atoms with Crippen molar-refractivity contribution in [1.29, 1.82) is 0 Å². The quantitative estimate of drug-likeness (QED) is 0.636. The van der Waals surface area contributed by atoms with Gasteiger partial charge < -0.3 is 10.1 Å². The van der Waals surface area contributed by atoms with Gasteiger partial charge in [0.2, 0.25) is 0 Å². The zero-order valence-corrected chi connectivity index (χ0v) is 11.2. The van der Waals surface area contributed by atoms with Crippen molar-refractivity contribution in [2.75, 3.05) is 26.0 Å². The summed E-state index contributed by atoms with van der Waals surface area (Å²) in [6, 6.07) is 2.40. The predicted octanol–water partition coefficient (Wildman–Crippen LogP) is 1.50. The normalized spacial score (nSPS) is 21.6. The van der Waals surface area contributed by atoms with Crippen LogP contribution >= 0.6 is 11.8 Å². The van der Waals surface area contributed by atoms with Gasteiger partial charge in [-0.2, -0.15) is 0 Å². The molecule has 17 heavy (non-hydrogen) atoms. The molecule has 0 radical (unpaired) electrons. The first-order valence-electron chi connectivity index (χ1n) is 5.97. The molecule has 1 aliphatic rings. The summed E-state index contributed by atoms with van der Waals surface area (Å²) >= 11 is 1.71. The van der Waals surface area contributed by atoms with Crippen molar-refractivity contribution in [3.05, 3.63) is 18.0 Å². The Morgan fingerprint density at radius 3 is 3.18 bits per heavy atom. The topological polar surface area (TPSA) is 47.0 Å². The van der Waals surface area contributed by atoms with Crippen LogP contribution in [0.4, 0.5) is 0 Å². The minimum atomic E-state index is 0.478. The second-order valence-electron chi connectivity index (χ2n) is 4.31. The average molecular weight is 253 g/mol. The number of rotatable bonds is 5. The molecule has 1 aliphatic heterocycles. The van der Waals surface area contributed by atoms with Crippen molar-refractivity contribution < 1.29 is 4.74 Å². The fourth-order valence-corrected chi connectivity index (χ4v) is 3.10. The molecule has 5 heteroatoms. The highest BCUT2D eigenvalue weighted by atomic mass is 32.2. The van der Waals surface area contributed by atoms with Crippen molar-refractivity contribution in [2.45, 2.75) is 24.5 Å². The third-order valence-electron chi connectivity index (χ3n) is 3.07. The highest BCUT2D eigenvalue weighted by molar-refractivity contribution is 7.99. The predicted molar refractivity (Wildman–Crippen MR) is 69.3 cm³/mol. The highest BCUT2D eigenvalue weighted by Crippen LogP contribution is 2.22. The van der Waals surface area contributed by atoms with Crippen molar-refractivity contribution in [1.82, 2.24) is 15.3 Å². The van der Waals surface area contributed by atoms with Crippen LogP contribution in [0, 0.1) is 12.8 Å². The minimum absolute atomic E-state index is 0.478. The zero-order chi connectivity index (χ0) is 12.1. The third-order valence-corrected chi connectivity index (χ3v) is 4.05. The monoisotopic (exact) mass is 253 g/mol. The lowest BCUT2D eigenvalue weighted by atomic mass is 10.0. The summed E-state index contributed by atoms with van der Waals surface area (Å²) in [5, 5.41) is 4.24. The Kier molecular flexibility index (Phi) is 4.76. The third kappa shape index (κ3) is 3.66. The smallest absolute Gasteiger partial charge is 0.187 e. The zero-order valence-electron chi connectivity index (χ0n) is 10.3. The van der Waals surface area contributed by atoms with Crippen LogP contribution < -0.4 is 5.32 Å². The van der Waals surface area contributed by atoms with E-state index in [1.807, 2.05) is 26.2 Å². The van der Waals surface area contributed by atoms with E-state index in [0.29, 0.717) is 12.0 Å². The van der Waals surface area contributed by atoms with Crippen molar-refractivity contribution >= 4 is 11.8 Å². The second kappa shape index (κ2) is 6.33. The molecule has 0 amide bonds. The number of hydrogen-bond acceptors (Lipinski definition) is 5. The van der Waals surface area contributed by atoms with Crippen LogP contribution in [-0.4, -0.2) is 42.0 Å². The van der Waals surface area contributed by atoms with Crippen molar-refractivity contribution in [2.24, 2.45) is 5.92 Å². The summed E-state index contributed by atoms with van der Waals surface area (Å²) in [6.45, 7) is 3.77. The van der Waals surface area contributed by atoms with Gasteiger partial charge in [-0.3, -0.25) is 0 Å². The molecule has 2 heterocycles. The molecular formula is C12H19N3OS. The first-order chi connectivity index (χ1) is 8.29. The number of hydrogen-bond donors (Lipinski definition) is 1. The first-order valence-corrected chi connectivity index (χ1v) is 6.95. The Balaban J connectivity index is 1.87. The summed E-state index contributed by atoms with van der Waals surface area (Å²) < 4.78 is 5.43. The van der Waals surface area contributed by atoms with Crippen LogP contribution in [0.1, 0.15) is 12.1 Å². The average Bonchev–Trinajstić information content (AvgIpc) is 2.84. The fraction of sp³-hybridized carbons (Fsp3) is 0.667. The van der Waals surface area contributed by atoms with Crippen LogP contribution in [0.15, 0.2) is 17.4 Å². The van der Waals surface area contributed by atoms with E-state index in [9.17, 15) is 0 Å². The molecule has 2 rings (SSSR count). The molecule has 4 nitrogen and oxygen atoms in total. The number of aryl methyl sites for hydroxylation is 1. The Labute approximate surface area is 107 Å².